The molecular weight excluding hydrogens is 238 g/mol. The number of rotatable bonds is 6. The summed E-state index contributed by atoms with van der Waals surface area (Å²) in [4.78, 5) is 0.292. The Labute approximate surface area is 103 Å². The first kappa shape index (κ1) is 14.0. The van der Waals surface area contributed by atoms with Crippen LogP contribution in [0.25, 0.3) is 0 Å². The summed E-state index contributed by atoms with van der Waals surface area (Å²) in [5.41, 5.74) is 6.06. The van der Waals surface area contributed by atoms with Crippen molar-refractivity contribution in [1.82, 2.24) is 0 Å². The van der Waals surface area contributed by atoms with Gasteiger partial charge < -0.3 is 10.5 Å². The number of hydrogen-bond acceptors (Lipinski definition) is 4. The van der Waals surface area contributed by atoms with E-state index in [0.717, 1.165) is 0 Å². The van der Waals surface area contributed by atoms with Crippen LogP contribution in [0.15, 0.2) is 29.2 Å². The molecule has 0 spiro atoms. The molecule has 1 aromatic carbocycles. The summed E-state index contributed by atoms with van der Waals surface area (Å²) in [6.45, 7) is 4.85. The zero-order valence-electron chi connectivity index (χ0n) is 10.2. The zero-order valence-corrected chi connectivity index (χ0v) is 11.0. The second kappa shape index (κ2) is 6.02. The highest BCUT2D eigenvalue weighted by Gasteiger charge is 2.13. The van der Waals surface area contributed by atoms with Crippen LogP contribution in [-0.2, 0) is 14.6 Å². The van der Waals surface area contributed by atoms with Crippen molar-refractivity contribution < 1.29 is 13.2 Å². The molecule has 0 aliphatic rings. The molecule has 17 heavy (non-hydrogen) atoms. The second-order valence-corrected chi connectivity index (χ2v) is 6.47. The van der Waals surface area contributed by atoms with Crippen LogP contribution in [0.4, 0.5) is 5.69 Å². The normalized spacial score (nSPS) is 11.9. The number of ether oxygens (including phenoxy) is 1. The molecule has 0 saturated heterocycles. The lowest BCUT2D eigenvalue weighted by Gasteiger charge is -2.07. The van der Waals surface area contributed by atoms with Crippen LogP contribution < -0.4 is 5.73 Å². The maximum Gasteiger partial charge on any atom is 0.180 e. The van der Waals surface area contributed by atoms with E-state index in [-0.39, 0.29) is 12.4 Å². The minimum atomic E-state index is -3.26. The SMILES string of the molecule is CC(C)COCCS(=O)(=O)c1ccc(N)cc1. The van der Waals surface area contributed by atoms with Gasteiger partial charge in [-0.2, -0.15) is 0 Å². The molecule has 0 unspecified atom stereocenters. The van der Waals surface area contributed by atoms with Crippen LogP contribution in [0.1, 0.15) is 13.8 Å². The Bertz CT molecular complexity index is 437. The highest BCUT2D eigenvalue weighted by atomic mass is 32.2. The number of hydrogen-bond donors (Lipinski definition) is 1. The van der Waals surface area contributed by atoms with Crippen LogP contribution in [0.3, 0.4) is 0 Å². The number of nitrogen functional groups attached to an aromatic ring is 1. The van der Waals surface area contributed by atoms with Gasteiger partial charge >= 0.3 is 0 Å². The Morgan fingerprint density at radius 3 is 2.35 bits per heavy atom. The lowest BCUT2D eigenvalue weighted by atomic mass is 10.2. The smallest absolute Gasteiger partial charge is 0.180 e. The van der Waals surface area contributed by atoms with Crippen LogP contribution in [-0.4, -0.2) is 27.4 Å². The van der Waals surface area contributed by atoms with Crippen molar-refractivity contribution in [3.63, 3.8) is 0 Å². The average Bonchev–Trinajstić information content (AvgIpc) is 2.25. The van der Waals surface area contributed by atoms with Crippen molar-refractivity contribution in [1.29, 1.82) is 0 Å². The fourth-order valence-electron chi connectivity index (χ4n) is 1.28. The summed E-state index contributed by atoms with van der Waals surface area (Å²) in [6, 6.07) is 6.21. The summed E-state index contributed by atoms with van der Waals surface area (Å²) < 4.78 is 29.0. The van der Waals surface area contributed by atoms with Crippen molar-refractivity contribution >= 4 is 15.5 Å². The van der Waals surface area contributed by atoms with Crippen molar-refractivity contribution in [3.05, 3.63) is 24.3 Å². The fraction of sp³-hybridized carbons (Fsp3) is 0.500. The first-order valence-corrected chi connectivity index (χ1v) is 7.23. The molecule has 0 aliphatic carbocycles. The van der Waals surface area contributed by atoms with E-state index >= 15 is 0 Å². The molecule has 0 saturated carbocycles. The van der Waals surface area contributed by atoms with Gasteiger partial charge in [0.15, 0.2) is 9.84 Å². The van der Waals surface area contributed by atoms with E-state index in [9.17, 15) is 8.42 Å². The highest BCUT2D eigenvalue weighted by molar-refractivity contribution is 7.91. The van der Waals surface area contributed by atoms with E-state index in [1.165, 1.54) is 12.1 Å². The first-order valence-electron chi connectivity index (χ1n) is 5.58. The third kappa shape index (κ3) is 4.75. The van der Waals surface area contributed by atoms with E-state index in [1.807, 2.05) is 13.8 Å². The summed E-state index contributed by atoms with van der Waals surface area (Å²) in [5.74, 6) is 0.415. The first-order chi connectivity index (χ1) is 7.92. The van der Waals surface area contributed by atoms with Gasteiger partial charge in [0.05, 0.1) is 17.3 Å². The van der Waals surface area contributed by atoms with Gasteiger partial charge in [0.2, 0.25) is 0 Å². The van der Waals surface area contributed by atoms with Crippen LogP contribution in [0.2, 0.25) is 0 Å². The van der Waals surface area contributed by atoms with Gasteiger partial charge in [-0.05, 0) is 30.2 Å². The predicted octanol–water partition coefficient (Wildman–Crippen LogP) is 1.72. The third-order valence-electron chi connectivity index (χ3n) is 2.19. The zero-order chi connectivity index (χ0) is 12.9. The number of anilines is 1. The van der Waals surface area contributed by atoms with Gasteiger partial charge in [0, 0.05) is 12.3 Å². The largest absolute Gasteiger partial charge is 0.399 e. The van der Waals surface area contributed by atoms with Crippen molar-refractivity contribution in [2.75, 3.05) is 24.7 Å². The third-order valence-corrected chi connectivity index (χ3v) is 3.88. The molecule has 4 nitrogen and oxygen atoms in total. The molecule has 0 bridgehead atoms. The van der Waals surface area contributed by atoms with Gasteiger partial charge in [-0.1, -0.05) is 13.8 Å². The molecular formula is C12H19NO3S. The van der Waals surface area contributed by atoms with Gasteiger partial charge in [0.1, 0.15) is 0 Å². The average molecular weight is 257 g/mol. The predicted molar refractivity (Wildman–Crippen MR) is 68.6 cm³/mol. The van der Waals surface area contributed by atoms with Crippen molar-refractivity contribution in [2.45, 2.75) is 18.7 Å². The molecule has 0 atom stereocenters. The number of sulfone groups is 1. The Kier molecular flexibility index (Phi) is 4.96. The number of nitrogens with two attached hydrogens (primary N) is 1. The molecule has 2 N–H and O–H groups in total. The van der Waals surface area contributed by atoms with Crippen LogP contribution in [0.5, 0.6) is 0 Å². The molecule has 0 amide bonds. The highest BCUT2D eigenvalue weighted by Crippen LogP contribution is 2.13. The Morgan fingerprint density at radius 2 is 1.82 bits per heavy atom. The van der Waals surface area contributed by atoms with Crippen LogP contribution >= 0.6 is 0 Å². The van der Waals surface area contributed by atoms with E-state index < -0.39 is 9.84 Å². The summed E-state index contributed by atoms with van der Waals surface area (Å²) in [6.07, 6.45) is 0. The minimum Gasteiger partial charge on any atom is -0.399 e. The molecule has 1 aromatic rings. The van der Waals surface area contributed by atoms with Gasteiger partial charge in [-0.25, -0.2) is 8.42 Å². The molecule has 5 heteroatoms. The van der Waals surface area contributed by atoms with Crippen molar-refractivity contribution in [3.8, 4) is 0 Å². The van der Waals surface area contributed by atoms with Gasteiger partial charge in [0.25, 0.3) is 0 Å². The Hall–Kier alpha value is -1.07. The molecule has 0 aliphatic heterocycles. The topological polar surface area (TPSA) is 69.4 Å². The fourth-order valence-corrected chi connectivity index (χ4v) is 2.40. The maximum atomic E-state index is 11.9. The van der Waals surface area contributed by atoms with Gasteiger partial charge in [-0.3, -0.25) is 0 Å². The van der Waals surface area contributed by atoms with Crippen molar-refractivity contribution in [2.24, 2.45) is 5.92 Å². The van der Waals surface area contributed by atoms with Crippen LogP contribution in [0, 0.1) is 5.92 Å². The second-order valence-electron chi connectivity index (χ2n) is 4.36. The van der Waals surface area contributed by atoms with E-state index in [2.05, 4.69) is 0 Å². The summed E-state index contributed by atoms with van der Waals surface area (Å²) in [5, 5.41) is 0. The number of benzene rings is 1. The van der Waals surface area contributed by atoms with E-state index in [4.69, 9.17) is 10.5 Å². The standard InChI is InChI=1S/C12H19NO3S/c1-10(2)9-16-7-8-17(14,15)12-5-3-11(13)4-6-12/h3-6,10H,7-9,13H2,1-2H3. The van der Waals surface area contributed by atoms with Gasteiger partial charge in [-0.15, -0.1) is 0 Å². The molecule has 0 heterocycles. The maximum absolute atomic E-state index is 11.9. The van der Waals surface area contributed by atoms with E-state index in [1.54, 1.807) is 12.1 Å². The quantitative estimate of drug-likeness (QED) is 0.622. The van der Waals surface area contributed by atoms with E-state index in [0.29, 0.717) is 23.1 Å². The lowest BCUT2D eigenvalue weighted by molar-refractivity contribution is 0.123. The minimum absolute atomic E-state index is 0.00361. The lowest BCUT2D eigenvalue weighted by Crippen LogP contribution is -2.14. The summed E-state index contributed by atoms with van der Waals surface area (Å²) >= 11 is 0. The molecule has 0 aromatic heterocycles. The monoisotopic (exact) mass is 257 g/mol. The Balaban J connectivity index is 2.54. The summed E-state index contributed by atoms with van der Waals surface area (Å²) in [7, 11) is -3.26. The molecule has 0 fully saturated rings. The molecule has 1 rings (SSSR count). The molecule has 96 valence electrons. The molecule has 0 radical (unpaired) electrons. The Morgan fingerprint density at radius 1 is 1.24 bits per heavy atom.